The van der Waals surface area contributed by atoms with Gasteiger partial charge < -0.3 is 14.8 Å². The van der Waals surface area contributed by atoms with E-state index in [-0.39, 0.29) is 24.0 Å². The molecule has 2 aromatic carbocycles. The third-order valence-corrected chi connectivity index (χ3v) is 3.32. The summed E-state index contributed by atoms with van der Waals surface area (Å²) in [4.78, 5) is 33.2. The van der Waals surface area contributed by atoms with Crippen LogP contribution >= 0.6 is 0 Å². The summed E-state index contributed by atoms with van der Waals surface area (Å²) < 4.78 is 10.4. The van der Waals surface area contributed by atoms with Crippen LogP contribution in [0.1, 0.15) is 5.56 Å². The summed E-state index contributed by atoms with van der Waals surface area (Å²) in [5, 5.41) is 13.2. The number of fused-ring (bicyclic) bond motifs is 1. The van der Waals surface area contributed by atoms with Crippen molar-refractivity contribution in [2.45, 2.75) is 0 Å². The van der Waals surface area contributed by atoms with Crippen LogP contribution in [-0.2, 0) is 9.59 Å². The monoisotopic (exact) mass is 340 g/mol. The van der Waals surface area contributed by atoms with Crippen molar-refractivity contribution in [2.24, 2.45) is 0 Å². The van der Waals surface area contributed by atoms with Crippen LogP contribution in [0.4, 0.5) is 11.4 Å². The first-order valence-corrected chi connectivity index (χ1v) is 7.22. The Bertz CT molecular complexity index is 873. The minimum absolute atomic E-state index is 0.0296. The van der Waals surface area contributed by atoms with Gasteiger partial charge >= 0.3 is 5.97 Å². The molecule has 2 aromatic rings. The topological polar surface area (TPSA) is 108 Å². The van der Waals surface area contributed by atoms with Crippen LogP contribution in [0.3, 0.4) is 0 Å². The van der Waals surface area contributed by atoms with Crippen molar-refractivity contribution in [1.82, 2.24) is 0 Å². The average Bonchev–Trinajstić information content (AvgIpc) is 2.60. The van der Waals surface area contributed by atoms with E-state index in [2.05, 4.69) is 5.32 Å². The van der Waals surface area contributed by atoms with Crippen LogP contribution in [0.15, 0.2) is 48.5 Å². The van der Waals surface area contributed by atoms with Crippen LogP contribution < -0.4 is 14.8 Å². The molecule has 0 aliphatic carbocycles. The van der Waals surface area contributed by atoms with Crippen LogP contribution in [0.25, 0.3) is 6.08 Å². The Morgan fingerprint density at radius 1 is 1.24 bits per heavy atom. The summed E-state index contributed by atoms with van der Waals surface area (Å²) in [6.45, 7) is -0.0515. The largest absolute Gasteiger partial charge is 0.482 e. The van der Waals surface area contributed by atoms with Gasteiger partial charge in [-0.05, 0) is 35.9 Å². The molecule has 0 unspecified atom stereocenters. The molecule has 25 heavy (non-hydrogen) atoms. The Hall–Kier alpha value is -3.68. The maximum Gasteiger partial charge on any atom is 0.336 e. The smallest absolute Gasteiger partial charge is 0.336 e. The quantitative estimate of drug-likeness (QED) is 0.301. The van der Waals surface area contributed by atoms with Crippen molar-refractivity contribution in [3.8, 4) is 11.5 Å². The van der Waals surface area contributed by atoms with Crippen LogP contribution in [-0.4, -0.2) is 23.4 Å². The number of esters is 1. The van der Waals surface area contributed by atoms with Gasteiger partial charge in [-0.3, -0.25) is 14.9 Å². The molecule has 3 rings (SSSR count). The zero-order valence-electron chi connectivity index (χ0n) is 12.8. The maximum absolute atomic E-state index is 11.9. The molecule has 1 N–H and O–H groups in total. The third-order valence-electron chi connectivity index (χ3n) is 3.32. The Morgan fingerprint density at radius 2 is 2.00 bits per heavy atom. The number of rotatable bonds is 4. The Labute approximate surface area is 141 Å². The fraction of sp³-hybridized carbons (Fsp3) is 0.0588. The van der Waals surface area contributed by atoms with Gasteiger partial charge in [-0.15, -0.1) is 0 Å². The van der Waals surface area contributed by atoms with Gasteiger partial charge in [0.05, 0.1) is 10.6 Å². The summed E-state index contributed by atoms with van der Waals surface area (Å²) in [6, 6.07) is 10.4. The number of amides is 1. The summed E-state index contributed by atoms with van der Waals surface area (Å²) in [5.74, 6) is -0.154. The summed E-state index contributed by atoms with van der Waals surface area (Å²) in [5.41, 5.74) is 1.02. The normalized spacial score (nSPS) is 12.9. The van der Waals surface area contributed by atoms with Gasteiger partial charge in [-0.25, -0.2) is 4.79 Å². The number of anilines is 1. The number of hydrogen-bond acceptors (Lipinski definition) is 6. The number of nitrogens with one attached hydrogen (secondary N) is 1. The minimum atomic E-state index is -0.624. The number of benzene rings is 2. The van der Waals surface area contributed by atoms with Gasteiger partial charge in [-0.1, -0.05) is 0 Å². The molecule has 1 aliphatic heterocycles. The van der Waals surface area contributed by atoms with Crippen molar-refractivity contribution in [3.05, 3.63) is 64.2 Å². The fourth-order valence-corrected chi connectivity index (χ4v) is 2.15. The van der Waals surface area contributed by atoms with Gasteiger partial charge in [0, 0.05) is 24.3 Å². The maximum atomic E-state index is 11.9. The zero-order chi connectivity index (χ0) is 17.8. The molecule has 1 aliphatic rings. The van der Waals surface area contributed by atoms with E-state index >= 15 is 0 Å². The van der Waals surface area contributed by atoms with Crippen molar-refractivity contribution in [1.29, 1.82) is 0 Å². The Kier molecular flexibility index (Phi) is 4.42. The van der Waals surface area contributed by atoms with Crippen molar-refractivity contribution >= 4 is 29.3 Å². The molecule has 126 valence electrons. The van der Waals surface area contributed by atoms with E-state index in [1.54, 1.807) is 12.1 Å². The molecule has 0 aromatic heterocycles. The average molecular weight is 340 g/mol. The number of ether oxygens (including phenoxy) is 2. The highest BCUT2D eigenvalue weighted by atomic mass is 16.6. The first kappa shape index (κ1) is 16.2. The molecule has 1 heterocycles. The predicted molar refractivity (Wildman–Crippen MR) is 88.3 cm³/mol. The highest BCUT2D eigenvalue weighted by Crippen LogP contribution is 2.31. The van der Waals surface area contributed by atoms with Gasteiger partial charge in [0.25, 0.3) is 11.6 Å². The lowest BCUT2D eigenvalue weighted by atomic mass is 10.2. The van der Waals surface area contributed by atoms with E-state index < -0.39 is 10.9 Å². The summed E-state index contributed by atoms with van der Waals surface area (Å²) in [6.07, 6.45) is 2.69. The lowest BCUT2D eigenvalue weighted by molar-refractivity contribution is -0.384. The number of nitro benzene ring substituents is 1. The predicted octanol–water partition coefficient (Wildman–Crippen LogP) is 2.54. The van der Waals surface area contributed by atoms with E-state index in [0.717, 1.165) is 0 Å². The number of nitrogens with zero attached hydrogens (tertiary/aromatic N) is 1. The standard InChI is InChI=1S/C17H12N2O6/c20-16-10-24-15-7-6-13(9-14(15)18-16)25-17(21)8-3-11-1-4-12(5-2-11)19(22)23/h1-9H,10H2,(H,18,20)/b8-3+. The molecule has 8 heteroatoms. The van der Waals surface area contributed by atoms with Crippen molar-refractivity contribution in [2.75, 3.05) is 11.9 Å². The van der Waals surface area contributed by atoms with Crippen LogP contribution in [0.5, 0.6) is 11.5 Å². The molecule has 0 saturated heterocycles. The van der Waals surface area contributed by atoms with Crippen LogP contribution in [0.2, 0.25) is 0 Å². The molecule has 0 spiro atoms. The van der Waals surface area contributed by atoms with Crippen molar-refractivity contribution in [3.63, 3.8) is 0 Å². The van der Waals surface area contributed by atoms with E-state index in [1.807, 2.05) is 0 Å². The lowest BCUT2D eigenvalue weighted by Crippen LogP contribution is -2.25. The Balaban J connectivity index is 1.65. The molecule has 0 atom stereocenters. The number of non-ortho nitro benzene ring substituents is 1. The number of carbonyl (C=O) groups is 2. The third kappa shape index (κ3) is 3.99. The highest BCUT2D eigenvalue weighted by molar-refractivity contribution is 5.96. The molecular formula is C17H12N2O6. The van der Waals surface area contributed by atoms with E-state index in [1.165, 1.54) is 42.5 Å². The molecule has 1 amide bonds. The van der Waals surface area contributed by atoms with E-state index in [0.29, 0.717) is 17.0 Å². The first-order valence-electron chi connectivity index (χ1n) is 7.22. The number of carbonyl (C=O) groups excluding carboxylic acids is 2. The molecular weight excluding hydrogens is 328 g/mol. The summed E-state index contributed by atoms with van der Waals surface area (Å²) in [7, 11) is 0. The second-order valence-electron chi connectivity index (χ2n) is 5.10. The highest BCUT2D eigenvalue weighted by Gasteiger charge is 2.16. The van der Waals surface area contributed by atoms with Gasteiger partial charge in [0.15, 0.2) is 6.61 Å². The fourth-order valence-electron chi connectivity index (χ4n) is 2.15. The minimum Gasteiger partial charge on any atom is -0.482 e. The zero-order valence-corrected chi connectivity index (χ0v) is 12.8. The van der Waals surface area contributed by atoms with Gasteiger partial charge in [0.1, 0.15) is 11.5 Å². The second-order valence-corrected chi connectivity index (χ2v) is 5.10. The lowest BCUT2D eigenvalue weighted by Gasteiger charge is -2.18. The number of nitro groups is 1. The summed E-state index contributed by atoms with van der Waals surface area (Å²) >= 11 is 0. The molecule has 8 nitrogen and oxygen atoms in total. The number of hydrogen-bond donors (Lipinski definition) is 1. The van der Waals surface area contributed by atoms with Crippen LogP contribution in [0, 0.1) is 10.1 Å². The van der Waals surface area contributed by atoms with E-state index in [9.17, 15) is 19.7 Å². The SMILES string of the molecule is O=C1COc2ccc(OC(=O)/C=C/c3ccc([N+](=O)[O-])cc3)cc2N1. The molecule has 0 fully saturated rings. The Morgan fingerprint density at radius 3 is 2.72 bits per heavy atom. The molecule has 0 saturated carbocycles. The van der Waals surface area contributed by atoms with E-state index in [4.69, 9.17) is 9.47 Å². The first-order chi connectivity index (χ1) is 12.0. The molecule has 0 radical (unpaired) electrons. The van der Waals surface area contributed by atoms with Gasteiger partial charge in [-0.2, -0.15) is 0 Å². The molecule has 0 bridgehead atoms. The second kappa shape index (κ2) is 6.83. The van der Waals surface area contributed by atoms with Gasteiger partial charge in [0.2, 0.25) is 0 Å². The van der Waals surface area contributed by atoms with Crippen molar-refractivity contribution < 1.29 is 24.0 Å².